The van der Waals surface area contributed by atoms with Crippen molar-refractivity contribution in [2.24, 2.45) is 5.92 Å². The Kier molecular flexibility index (Phi) is 2.05. The number of nitrogens with one attached hydrogen (secondary N) is 1. The Morgan fingerprint density at radius 1 is 1.11 bits per heavy atom. The lowest BCUT2D eigenvalue weighted by Crippen LogP contribution is -2.09. The summed E-state index contributed by atoms with van der Waals surface area (Å²) in [5.74, 6) is 0.815. The van der Waals surface area contributed by atoms with Crippen molar-refractivity contribution in [2.45, 2.75) is 26.2 Å². The smallest absolute Gasteiger partial charge is 0.0465 e. The summed E-state index contributed by atoms with van der Waals surface area (Å²) in [5.41, 5.74) is 4.35. The van der Waals surface area contributed by atoms with E-state index in [1.165, 1.54) is 46.6 Å². The van der Waals surface area contributed by atoms with Gasteiger partial charge in [0.2, 0.25) is 0 Å². The third kappa shape index (κ3) is 1.34. The second kappa shape index (κ2) is 3.61. The predicted molar refractivity (Wildman–Crippen MR) is 77.0 cm³/mol. The molecule has 1 heteroatoms. The Hall–Kier alpha value is -1.76. The highest BCUT2D eigenvalue weighted by Crippen LogP contribution is 2.35. The molecule has 3 aromatic rings. The number of rotatable bonds is 0. The van der Waals surface area contributed by atoms with Crippen molar-refractivity contribution < 1.29 is 0 Å². The number of aromatic amines is 1. The molecule has 0 saturated heterocycles. The first-order chi connectivity index (χ1) is 8.83. The average molecular weight is 235 g/mol. The Morgan fingerprint density at radius 3 is 2.94 bits per heavy atom. The van der Waals surface area contributed by atoms with Gasteiger partial charge in [0.1, 0.15) is 0 Å². The summed E-state index contributed by atoms with van der Waals surface area (Å²) in [5, 5.41) is 4.22. The van der Waals surface area contributed by atoms with Crippen LogP contribution in [0.2, 0.25) is 0 Å². The highest BCUT2D eigenvalue weighted by Gasteiger charge is 2.20. The van der Waals surface area contributed by atoms with Gasteiger partial charge in [0.05, 0.1) is 0 Å². The van der Waals surface area contributed by atoms with Gasteiger partial charge in [0.15, 0.2) is 0 Å². The summed E-state index contributed by atoms with van der Waals surface area (Å²) >= 11 is 0. The monoisotopic (exact) mass is 235 g/mol. The molecule has 0 radical (unpaired) electrons. The van der Waals surface area contributed by atoms with Gasteiger partial charge in [-0.2, -0.15) is 0 Å². The first-order valence-corrected chi connectivity index (χ1v) is 6.84. The lowest BCUT2D eigenvalue weighted by molar-refractivity contribution is 0.500. The van der Waals surface area contributed by atoms with Crippen LogP contribution in [0.15, 0.2) is 36.4 Å². The van der Waals surface area contributed by atoms with Crippen LogP contribution in [0.4, 0.5) is 0 Å². The minimum absolute atomic E-state index is 0.815. The molecular weight excluding hydrogens is 218 g/mol. The van der Waals surface area contributed by atoms with Crippen LogP contribution in [-0.2, 0) is 12.8 Å². The summed E-state index contributed by atoms with van der Waals surface area (Å²) in [6.07, 6.45) is 3.75. The third-order valence-electron chi connectivity index (χ3n) is 4.32. The highest BCUT2D eigenvalue weighted by molar-refractivity contribution is 6.08. The van der Waals surface area contributed by atoms with Gasteiger partial charge in [-0.15, -0.1) is 0 Å². The molecule has 1 atom stereocenters. The van der Waals surface area contributed by atoms with Gasteiger partial charge in [0, 0.05) is 16.6 Å². The van der Waals surface area contributed by atoms with E-state index in [2.05, 4.69) is 48.3 Å². The normalized spacial score (nSPS) is 19.3. The largest absolute Gasteiger partial charge is 0.358 e. The quantitative estimate of drug-likeness (QED) is 0.592. The molecule has 0 bridgehead atoms. The van der Waals surface area contributed by atoms with Gasteiger partial charge in [-0.05, 0) is 47.6 Å². The molecule has 0 fully saturated rings. The van der Waals surface area contributed by atoms with E-state index in [1.54, 1.807) is 5.56 Å². The van der Waals surface area contributed by atoms with E-state index in [1.807, 2.05) is 0 Å². The lowest BCUT2D eigenvalue weighted by atomic mass is 9.87. The van der Waals surface area contributed by atoms with Gasteiger partial charge in [-0.3, -0.25) is 0 Å². The molecule has 1 aromatic heterocycles. The van der Waals surface area contributed by atoms with E-state index < -0.39 is 0 Å². The summed E-state index contributed by atoms with van der Waals surface area (Å²) in [6, 6.07) is 13.2. The van der Waals surface area contributed by atoms with E-state index in [0.29, 0.717) is 0 Å². The molecule has 0 aliphatic heterocycles. The summed E-state index contributed by atoms with van der Waals surface area (Å²) < 4.78 is 0. The zero-order valence-electron chi connectivity index (χ0n) is 10.7. The van der Waals surface area contributed by atoms with E-state index in [9.17, 15) is 0 Å². The average Bonchev–Trinajstić information content (AvgIpc) is 2.77. The van der Waals surface area contributed by atoms with E-state index >= 15 is 0 Å². The Morgan fingerprint density at radius 2 is 2.00 bits per heavy atom. The first-order valence-electron chi connectivity index (χ1n) is 6.84. The van der Waals surface area contributed by atoms with Gasteiger partial charge in [-0.1, -0.05) is 37.3 Å². The molecule has 0 saturated carbocycles. The lowest BCUT2D eigenvalue weighted by Gasteiger charge is -2.18. The molecule has 1 N–H and O–H groups in total. The van der Waals surface area contributed by atoms with Crippen molar-refractivity contribution >= 4 is 21.7 Å². The second-order valence-electron chi connectivity index (χ2n) is 5.64. The fourth-order valence-corrected chi connectivity index (χ4v) is 3.37. The van der Waals surface area contributed by atoms with Gasteiger partial charge >= 0.3 is 0 Å². The molecule has 90 valence electrons. The van der Waals surface area contributed by atoms with Crippen molar-refractivity contribution in [3.63, 3.8) is 0 Å². The number of H-pyrrole nitrogens is 1. The van der Waals surface area contributed by atoms with Crippen LogP contribution in [0, 0.1) is 5.92 Å². The molecule has 0 spiro atoms. The van der Waals surface area contributed by atoms with Gasteiger partial charge in [-0.25, -0.2) is 0 Å². The van der Waals surface area contributed by atoms with E-state index in [4.69, 9.17) is 0 Å². The SMILES string of the molecule is CC1CCc2[nH]c3ccc4ccccc4c3c2C1. The molecule has 18 heavy (non-hydrogen) atoms. The van der Waals surface area contributed by atoms with Crippen LogP contribution in [0.25, 0.3) is 21.7 Å². The maximum atomic E-state index is 3.63. The number of hydrogen-bond acceptors (Lipinski definition) is 0. The van der Waals surface area contributed by atoms with Crippen LogP contribution in [0.1, 0.15) is 24.6 Å². The van der Waals surface area contributed by atoms with Crippen LogP contribution >= 0.6 is 0 Å². The highest BCUT2D eigenvalue weighted by atomic mass is 14.7. The molecule has 4 rings (SSSR count). The molecule has 1 unspecified atom stereocenters. The molecule has 1 nitrogen and oxygen atoms in total. The van der Waals surface area contributed by atoms with Crippen LogP contribution in [0.3, 0.4) is 0 Å². The third-order valence-corrected chi connectivity index (χ3v) is 4.32. The van der Waals surface area contributed by atoms with Crippen molar-refractivity contribution in [1.29, 1.82) is 0 Å². The van der Waals surface area contributed by atoms with Crippen molar-refractivity contribution in [2.75, 3.05) is 0 Å². The molecule has 1 aliphatic rings. The number of aromatic nitrogens is 1. The van der Waals surface area contributed by atoms with Crippen molar-refractivity contribution in [1.82, 2.24) is 4.98 Å². The van der Waals surface area contributed by atoms with E-state index in [-0.39, 0.29) is 0 Å². The minimum Gasteiger partial charge on any atom is -0.358 e. The maximum Gasteiger partial charge on any atom is 0.0465 e. The molecule has 2 aromatic carbocycles. The molecule has 1 aliphatic carbocycles. The fraction of sp³-hybridized carbons (Fsp3) is 0.294. The summed E-state index contributed by atoms with van der Waals surface area (Å²) in [4.78, 5) is 3.63. The van der Waals surface area contributed by atoms with Crippen molar-refractivity contribution in [3.05, 3.63) is 47.7 Å². The standard InChI is InChI=1S/C17H17N/c1-11-6-8-15-14(10-11)17-13-5-3-2-4-12(13)7-9-16(17)18-15/h2-5,7,9,11,18H,6,8,10H2,1H3. The maximum absolute atomic E-state index is 3.63. The van der Waals surface area contributed by atoms with E-state index in [0.717, 1.165) is 5.92 Å². The second-order valence-corrected chi connectivity index (χ2v) is 5.64. The number of aryl methyl sites for hydroxylation is 1. The molecule has 1 heterocycles. The van der Waals surface area contributed by atoms with Crippen LogP contribution < -0.4 is 0 Å². The van der Waals surface area contributed by atoms with Crippen LogP contribution in [0.5, 0.6) is 0 Å². The zero-order chi connectivity index (χ0) is 12.1. The number of benzene rings is 2. The predicted octanol–water partition coefficient (Wildman–Crippen LogP) is 4.45. The minimum atomic E-state index is 0.815. The first kappa shape index (κ1) is 10.2. The summed E-state index contributed by atoms with van der Waals surface area (Å²) in [7, 11) is 0. The molecular formula is C17H17N. The number of hydrogen-bond donors (Lipinski definition) is 1. The fourth-order valence-electron chi connectivity index (χ4n) is 3.37. The Balaban J connectivity index is 2.14. The molecule has 0 amide bonds. The van der Waals surface area contributed by atoms with Crippen LogP contribution in [-0.4, -0.2) is 4.98 Å². The topological polar surface area (TPSA) is 15.8 Å². The van der Waals surface area contributed by atoms with Gasteiger partial charge in [0.25, 0.3) is 0 Å². The number of fused-ring (bicyclic) bond motifs is 5. The van der Waals surface area contributed by atoms with Gasteiger partial charge < -0.3 is 4.98 Å². The summed E-state index contributed by atoms with van der Waals surface area (Å²) in [6.45, 7) is 2.37. The Bertz CT molecular complexity index is 736. The van der Waals surface area contributed by atoms with Crippen molar-refractivity contribution in [3.8, 4) is 0 Å². The Labute approximate surface area is 107 Å². The zero-order valence-corrected chi connectivity index (χ0v) is 10.7.